The summed E-state index contributed by atoms with van der Waals surface area (Å²) in [6, 6.07) is 0. The first kappa shape index (κ1) is 13.0. The largest absolute Gasteiger partial charge is 0.328 e. The maximum Gasteiger partial charge on any atom is 0.179 e. The van der Waals surface area contributed by atoms with Crippen LogP contribution in [0.4, 0.5) is 0 Å². The van der Waals surface area contributed by atoms with E-state index >= 15 is 0 Å². The number of nitrogens with zero attached hydrogens (tertiary/aromatic N) is 6. The van der Waals surface area contributed by atoms with E-state index in [2.05, 4.69) is 31.9 Å². The number of aromatic amines is 1. The fourth-order valence-corrected chi connectivity index (χ4v) is 2.73. The Balaban J connectivity index is 1.98. The first-order chi connectivity index (χ1) is 9.70. The van der Waals surface area contributed by atoms with Crippen molar-refractivity contribution >= 4 is 23.4 Å². The van der Waals surface area contributed by atoms with Crippen molar-refractivity contribution in [2.45, 2.75) is 32.9 Å². The van der Waals surface area contributed by atoms with Crippen molar-refractivity contribution in [3.05, 3.63) is 22.9 Å². The first-order valence-corrected chi connectivity index (χ1v) is 7.10. The van der Waals surface area contributed by atoms with Gasteiger partial charge in [0.15, 0.2) is 10.4 Å². The molecule has 0 aliphatic heterocycles. The third kappa shape index (κ3) is 2.15. The molecule has 0 spiro atoms. The lowest BCUT2D eigenvalue weighted by Gasteiger charge is -2.04. The molecule has 0 unspecified atom stereocenters. The van der Waals surface area contributed by atoms with Gasteiger partial charge in [0.1, 0.15) is 5.52 Å². The van der Waals surface area contributed by atoms with Gasteiger partial charge in [-0.2, -0.15) is 5.10 Å². The van der Waals surface area contributed by atoms with E-state index in [4.69, 9.17) is 12.2 Å². The lowest BCUT2D eigenvalue weighted by Crippen LogP contribution is -2.10. The Morgan fingerprint density at radius 2 is 2.20 bits per heavy atom. The minimum absolute atomic E-state index is 0.727. The maximum atomic E-state index is 5.43. The summed E-state index contributed by atoms with van der Waals surface area (Å²) in [7, 11) is 1.95. The second kappa shape index (κ2) is 5.20. The lowest BCUT2D eigenvalue weighted by molar-refractivity contribution is 0.517. The maximum absolute atomic E-state index is 5.43. The monoisotopic (exact) mass is 291 g/mol. The van der Waals surface area contributed by atoms with Crippen molar-refractivity contribution in [2.75, 3.05) is 0 Å². The smallest absolute Gasteiger partial charge is 0.179 e. The van der Waals surface area contributed by atoms with Crippen LogP contribution in [0.5, 0.6) is 0 Å². The molecule has 0 saturated heterocycles. The number of imidazole rings is 1. The fraction of sp³-hybridized carbons (Fsp3) is 0.500. The van der Waals surface area contributed by atoms with Crippen LogP contribution in [0, 0.1) is 4.77 Å². The molecule has 3 heterocycles. The van der Waals surface area contributed by atoms with Crippen LogP contribution in [-0.2, 0) is 26.6 Å². The zero-order valence-corrected chi connectivity index (χ0v) is 12.4. The molecule has 0 aromatic carbocycles. The Hall–Kier alpha value is -1.96. The van der Waals surface area contributed by atoms with Crippen molar-refractivity contribution in [3.8, 4) is 0 Å². The number of nitrogens with one attached hydrogen (secondary N) is 1. The molecule has 7 nitrogen and oxygen atoms in total. The molecule has 3 aromatic heterocycles. The lowest BCUT2D eigenvalue weighted by atomic mass is 10.2. The minimum atomic E-state index is 0.727. The molecule has 8 heteroatoms. The van der Waals surface area contributed by atoms with E-state index in [1.165, 1.54) is 0 Å². The third-order valence-electron chi connectivity index (χ3n) is 3.33. The summed E-state index contributed by atoms with van der Waals surface area (Å²) in [5.41, 5.74) is 3.17. The Morgan fingerprint density at radius 3 is 2.90 bits per heavy atom. The number of H-pyrrole nitrogens is 1. The Kier molecular flexibility index (Phi) is 3.39. The van der Waals surface area contributed by atoms with Crippen LogP contribution >= 0.6 is 12.2 Å². The number of fused-ring (bicyclic) bond motifs is 1. The zero-order valence-electron chi connectivity index (χ0n) is 11.6. The number of aromatic nitrogens is 7. The van der Waals surface area contributed by atoms with Gasteiger partial charge in [0, 0.05) is 19.8 Å². The number of hydrogen-bond acceptors (Lipinski definition) is 4. The predicted molar refractivity (Wildman–Crippen MR) is 77.9 cm³/mol. The molecule has 3 rings (SSSR count). The normalized spacial score (nSPS) is 11.5. The molecule has 3 aromatic rings. The van der Waals surface area contributed by atoms with E-state index in [1.807, 2.05) is 17.9 Å². The van der Waals surface area contributed by atoms with Crippen LogP contribution in [0.2, 0.25) is 0 Å². The van der Waals surface area contributed by atoms with Gasteiger partial charge < -0.3 is 4.98 Å². The van der Waals surface area contributed by atoms with Crippen molar-refractivity contribution in [1.29, 1.82) is 0 Å². The van der Waals surface area contributed by atoms with Gasteiger partial charge in [0.05, 0.1) is 18.4 Å². The topological polar surface area (TPSA) is 69.2 Å². The number of hydrogen-bond donors (Lipinski definition) is 1. The van der Waals surface area contributed by atoms with Gasteiger partial charge in [-0.3, -0.25) is 13.9 Å². The SMILES string of the molecule is CCCc1nn(C)c2c1[nH]c(=S)n2CCn1ccnn1. The molecule has 0 saturated carbocycles. The molecular formula is C12H17N7S. The van der Waals surface area contributed by atoms with Crippen LogP contribution < -0.4 is 0 Å². The van der Waals surface area contributed by atoms with Gasteiger partial charge in [-0.1, -0.05) is 18.6 Å². The summed E-state index contributed by atoms with van der Waals surface area (Å²) in [4.78, 5) is 3.28. The molecule has 106 valence electrons. The molecule has 0 atom stereocenters. The van der Waals surface area contributed by atoms with Gasteiger partial charge in [0.25, 0.3) is 0 Å². The minimum Gasteiger partial charge on any atom is -0.328 e. The van der Waals surface area contributed by atoms with Crippen LogP contribution in [-0.4, -0.2) is 34.3 Å². The summed E-state index contributed by atoms with van der Waals surface area (Å²) >= 11 is 5.43. The zero-order chi connectivity index (χ0) is 14.1. The number of aryl methyl sites for hydroxylation is 4. The molecule has 0 aliphatic carbocycles. The average molecular weight is 291 g/mol. The summed E-state index contributed by atoms with van der Waals surface area (Å²) in [6.45, 7) is 3.62. The van der Waals surface area contributed by atoms with Crippen LogP contribution in [0.25, 0.3) is 11.2 Å². The van der Waals surface area contributed by atoms with Crippen LogP contribution in [0.15, 0.2) is 12.4 Å². The fourth-order valence-electron chi connectivity index (χ4n) is 2.45. The van der Waals surface area contributed by atoms with Crippen LogP contribution in [0.1, 0.15) is 19.0 Å². The average Bonchev–Trinajstić information content (AvgIpc) is 3.08. The highest BCUT2D eigenvalue weighted by molar-refractivity contribution is 7.71. The molecule has 0 fully saturated rings. The standard InChI is InChI=1S/C12H17N7S/c1-3-4-9-10-11(17(2)15-9)19(12(20)14-10)8-7-18-6-5-13-16-18/h5-6H,3-4,7-8H2,1-2H3,(H,14,20). The molecule has 0 bridgehead atoms. The quantitative estimate of drug-likeness (QED) is 0.726. The van der Waals surface area contributed by atoms with Gasteiger partial charge in [-0.05, 0) is 18.6 Å². The molecule has 20 heavy (non-hydrogen) atoms. The van der Waals surface area contributed by atoms with Crippen molar-refractivity contribution in [3.63, 3.8) is 0 Å². The second-order valence-corrected chi connectivity index (χ2v) is 5.15. The van der Waals surface area contributed by atoms with E-state index in [0.717, 1.165) is 47.6 Å². The van der Waals surface area contributed by atoms with Crippen LogP contribution in [0.3, 0.4) is 0 Å². The first-order valence-electron chi connectivity index (χ1n) is 6.69. The third-order valence-corrected chi connectivity index (χ3v) is 3.66. The van der Waals surface area contributed by atoms with E-state index in [-0.39, 0.29) is 0 Å². The number of rotatable bonds is 5. The highest BCUT2D eigenvalue weighted by atomic mass is 32.1. The summed E-state index contributed by atoms with van der Waals surface area (Å²) in [5, 5.41) is 12.3. The van der Waals surface area contributed by atoms with Gasteiger partial charge in [0.2, 0.25) is 0 Å². The van der Waals surface area contributed by atoms with Crippen molar-refractivity contribution < 1.29 is 0 Å². The van der Waals surface area contributed by atoms with E-state index in [0.29, 0.717) is 0 Å². The van der Waals surface area contributed by atoms with Gasteiger partial charge in [-0.25, -0.2) is 0 Å². The molecular weight excluding hydrogens is 274 g/mol. The van der Waals surface area contributed by atoms with Crippen molar-refractivity contribution in [1.82, 2.24) is 34.3 Å². The van der Waals surface area contributed by atoms with Crippen molar-refractivity contribution in [2.24, 2.45) is 7.05 Å². The van der Waals surface area contributed by atoms with Gasteiger partial charge >= 0.3 is 0 Å². The molecule has 0 radical (unpaired) electrons. The summed E-state index contributed by atoms with van der Waals surface area (Å²) in [6.07, 6.45) is 5.54. The van der Waals surface area contributed by atoms with E-state index in [9.17, 15) is 0 Å². The van der Waals surface area contributed by atoms with E-state index < -0.39 is 0 Å². The molecule has 1 N–H and O–H groups in total. The van der Waals surface area contributed by atoms with Gasteiger partial charge in [-0.15, -0.1) is 5.10 Å². The summed E-state index contributed by atoms with van der Waals surface area (Å²) in [5.74, 6) is 0. The predicted octanol–water partition coefficient (Wildman–Crippen LogP) is 1.68. The molecule has 0 aliphatic rings. The highest BCUT2D eigenvalue weighted by Crippen LogP contribution is 2.19. The Labute approximate surface area is 121 Å². The summed E-state index contributed by atoms with van der Waals surface area (Å²) < 4.78 is 6.49. The van der Waals surface area contributed by atoms with E-state index in [1.54, 1.807) is 10.9 Å². The Morgan fingerprint density at radius 1 is 1.35 bits per heavy atom. The second-order valence-electron chi connectivity index (χ2n) is 4.77. The highest BCUT2D eigenvalue weighted by Gasteiger charge is 2.14. The molecule has 0 amide bonds. The Bertz CT molecular complexity index is 762.